The molecule has 0 saturated heterocycles. The normalized spacial score (nSPS) is 12.1. The van der Waals surface area contributed by atoms with Gasteiger partial charge in [0.15, 0.2) is 5.76 Å². The molecule has 0 aliphatic rings. The van der Waals surface area contributed by atoms with E-state index in [1.54, 1.807) is 24.6 Å². The zero-order valence-electron chi connectivity index (χ0n) is 19.5. The Morgan fingerprint density at radius 1 is 0.889 bits per heavy atom. The predicted molar refractivity (Wildman–Crippen MR) is 138 cm³/mol. The molecule has 0 amide bonds. The highest BCUT2D eigenvalue weighted by Crippen LogP contribution is 2.33. The van der Waals surface area contributed by atoms with Gasteiger partial charge in [0.1, 0.15) is 23.2 Å². The van der Waals surface area contributed by atoms with Crippen molar-refractivity contribution in [3.63, 3.8) is 0 Å². The molecule has 1 N–H and O–H groups in total. The van der Waals surface area contributed by atoms with Gasteiger partial charge < -0.3 is 9.73 Å². The fourth-order valence-electron chi connectivity index (χ4n) is 4.23. The topological polar surface area (TPSA) is 68.8 Å². The van der Waals surface area contributed by atoms with E-state index < -0.39 is 0 Å². The van der Waals surface area contributed by atoms with Crippen molar-refractivity contribution >= 4 is 16.7 Å². The van der Waals surface area contributed by atoms with Crippen molar-refractivity contribution in [1.82, 2.24) is 19.5 Å². The number of hydrogen-bond acceptors (Lipinski definition) is 5. The summed E-state index contributed by atoms with van der Waals surface area (Å²) in [5.41, 5.74) is 2.54. The molecule has 0 aliphatic heterocycles. The monoisotopic (exact) mass is 475 g/mol. The molecule has 6 aromatic rings. The van der Waals surface area contributed by atoms with Gasteiger partial charge in [-0.15, -0.1) is 0 Å². The lowest BCUT2D eigenvalue weighted by molar-refractivity contribution is 0.585. The molecule has 0 aliphatic carbocycles. The number of nitrogens with zero attached hydrogens (tertiary/aromatic N) is 4. The lowest BCUT2D eigenvalue weighted by atomic mass is 10.1. The van der Waals surface area contributed by atoms with Crippen molar-refractivity contribution in [1.29, 1.82) is 0 Å². The number of rotatable bonds is 6. The van der Waals surface area contributed by atoms with Crippen LogP contribution in [0.1, 0.15) is 18.5 Å². The smallest absolute Gasteiger partial charge is 0.225 e. The van der Waals surface area contributed by atoms with Gasteiger partial charge in [-0.05, 0) is 42.8 Å². The average Bonchev–Trinajstić information content (AvgIpc) is 3.55. The highest BCUT2D eigenvalue weighted by molar-refractivity contribution is 5.93. The molecule has 3 aromatic heterocycles. The first kappa shape index (κ1) is 21.7. The summed E-state index contributed by atoms with van der Waals surface area (Å²) in [4.78, 5) is 14.1. The Kier molecular flexibility index (Phi) is 5.50. The van der Waals surface area contributed by atoms with Crippen molar-refractivity contribution in [2.45, 2.75) is 13.0 Å². The number of imidazole rings is 1. The quantitative estimate of drug-likeness (QED) is 0.279. The summed E-state index contributed by atoms with van der Waals surface area (Å²) < 4.78 is 21.5. The Morgan fingerprint density at radius 2 is 1.67 bits per heavy atom. The lowest BCUT2D eigenvalue weighted by Crippen LogP contribution is -2.10. The maximum atomic E-state index is 13.7. The van der Waals surface area contributed by atoms with E-state index in [2.05, 4.69) is 29.4 Å². The van der Waals surface area contributed by atoms with E-state index in [1.165, 1.54) is 12.1 Å². The van der Waals surface area contributed by atoms with Crippen LogP contribution in [0.2, 0.25) is 0 Å². The van der Waals surface area contributed by atoms with Crippen LogP contribution in [-0.2, 0) is 0 Å². The van der Waals surface area contributed by atoms with Crippen LogP contribution in [0.5, 0.6) is 0 Å². The van der Waals surface area contributed by atoms with Crippen molar-refractivity contribution < 1.29 is 8.81 Å². The van der Waals surface area contributed by atoms with Crippen molar-refractivity contribution in [3.05, 3.63) is 115 Å². The Bertz CT molecular complexity index is 1640. The molecule has 1 atom stereocenters. The second-order valence-electron chi connectivity index (χ2n) is 8.49. The summed E-state index contributed by atoms with van der Waals surface area (Å²) in [7, 11) is 0. The van der Waals surface area contributed by atoms with Gasteiger partial charge in [0.25, 0.3) is 0 Å². The highest BCUT2D eigenvalue weighted by Gasteiger charge is 2.19. The number of aromatic nitrogens is 4. The van der Waals surface area contributed by atoms with Crippen LogP contribution < -0.4 is 5.32 Å². The fourth-order valence-corrected chi connectivity index (χ4v) is 4.23. The number of halogens is 1. The van der Waals surface area contributed by atoms with E-state index in [-0.39, 0.29) is 11.9 Å². The van der Waals surface area contributed by atoms with Crippen LogP contribution >= 0.6 is 0 Å². The van der Waals surface area contributed by atoms with Crippen molar-refractivity contribution in [2.75, 3.05) is 5.32 Å². The molecule has 0 spiro atoms. The Labute approximate surface area is 207 Å². The third-order valence-electron chi connectivity index (χ3n) is 6.08. The summed E-state index contributed by atoms with van der Waals surface area (Å²) in [6, 6.07) is 26.1. The van der Waals surface area contributed by atoms with E-state index in [0.717, 1.165) is 21.9 Å². The number of furan rings is 1. The summed E-state index contributed by atoms with van der Waals surface area (Å²) in [6.07, 6.45) is 5.31. The van der Waals surface area contributed by atoms with Gasteiger partial charge in [0.05, 0.1) is 12.3 Å². The van der Waals surface area contributed by atoms with Crippen LogP contribution in [0.15, 0.2) is 108 Å². The molecule has 3 aromatic carbocycles. The third-order valence-corrected chi connectivity index (χ3v) is 6.08. The van der Waals surface area contributed by atoms with E-state index in [9.17, 15) is 4.39 Å². The molecule has 176 valence electrons. The first-order chi connectivity index (χ1) is 17.7. The molecular weight excluding hydrogens is 453 g/mol. The second-order valence-corrected chi connectivity index (χ2v) is 8.49. The first-order valence-electron chi connectivity index (χ1n) is 11.6. The number of nitrogens with one attached hydrogen (secondary N) is 1. The van der Waals surface area contributed by atoms with Gasteiger partial charge in [0, 0.05) is 28.7 Å². The van der Waals surface area contributed by atoms with Crippen LogP contribution in [0.25, 0.3) is 39.4 Å². The lowest BCUT2D eigenvalue weighted by Gasteiger charge is -2.15. The molecule has 3 heterocycles. The molecule has 0 radical (unpaired) electrons. The maximum Gasteiger partial charge on any atom is 0.225 e. The van der Waals surface area contributed by atoms with Crippen LogP contribution in [0, 0.1) is 5.82 Å². The average molecular weight is 476 g/mol. The van der Waals surface area contributed by atoms with E-state index >= 15 is 0 Å². The fraction of sp³-hybridized carbons (Fsp3) is 0.0690. The summed E-state index contributed by atoms with van der Waals surface area (Å²) >= 11 is 0. The Balaban J connectivity index is 1.43. The summed E-state index contributed by atoms with van der Waals surface area (Å²) in [6.45, 7) is 2.06. The zero-order valence-corrected chi connectivity index (χ0v) is 19.5. The van der Waals surface area contributed by atoms with E-state index in [1.807, 2.05) is 59.3 Å². The molecule has 6 rings (SSSR count). The van der Waals surface area contributed by atoms with E-state index in [4.69, 9.17) is 14.4 Å². The van der Waals surface area contributed by atoms with Gasteiger partial charge in [-0.1, -0.05) is 54.6 Å². The standard InChI is InChI=1S/C29H22FN5O/c1-19(20-7-3-2-4-8-20)32-29-31-16-15-26(34-29)35-17-25(27-24-10-6-5-9-22(24)18-36-27)33-28(35)21-11-13-23(30)14-12-21/h2-19H,1H3,(H,31,32,34)/t19-/m0/s1. The van der Waals surface area contributed by atoms with Gasteiger partial charge >= 0.3 is 0 Å². The number of fused-ring (bicyclic) bond motifs is 1. The molecular formula is C29H22FN5O. The van der Waals surface area contributed by atoms with Crippen LogP contribution in [0.4, 0.5) is 10.3 Å². The van der Waals surface area contributed by atoms with Gasteiger partial charge in [-0.25, -0.2) is 14.4 Å². The molecule has 6 nitrogen and oxygen atoms in total. The number of hydrogen-bond donors (Lipinski definition) is 1. The van der Waals surface area contributed by atoms with E-state index in [0.29, 0.717) is 29.0 Å². The molecule has 36 heavy (non-hydrogen) atoms. The highest BCUT2D eigenvalue weighted by atomic mass is 19.1. The van der Waals surface area contributed by atoms with Crippen molar-refractivity contribution in [3.8, 4) is 28.7 Å². The predicted octanol–water partition coefficient (Wildman–Crippen LogP) is 7.05. The Hall–Kier alpha value is -4.78. The van der Waals surface area contributed by atoms with Gasteiger partial charge in [0.2, 0.25) is 5.95 Å². The summed E-state index contributed by atoms with van der Waals surface area (Å²) in [5.74, 6) is 2.09. The van der Waals surface area contributed by atoms with Crippen molar-refractivity contribution in [2.24, 2.45) is 0 Å². The Morgan fingerprint density at radius 3 is 2.50 bits per heavy atom. The van der Waals surface area contributed by atoms with Gasteiger partial charge in [-0.2, -0.15) is 4.98 Å². The molecule has 0 fully saturated rings. The SMILES string of the molecule is C[C@H](Nc1nccc(-n2cc(-c3occ4ccccc34)nc2-c2ccc(F)cc2)n1)c1ccccc1. The minimum Gasteiger partial charge on any atom is -0.461 e. The van der Waals surface area contributed by atoms with Crippen LogP contribution in [0.3, 0.4) is 0 Å². The minimum absolute atomic E-state index is 0.0193. The minimum atomic E-state index is -0.308. The first-order valence-corrected chi connectivity index (χ1v) is 11.6. The van der Waals surface area contributed by atoms with Crippen LogP contribution in [-0.4, -0.2) is 19.5 Å². The maximum absolute atomic E-state index is 13.7. The molecule has 0 bridgehead atoms. The zero-order chi connectivity index (χ0) is 24.5. The number of benzene rings is 3. The summed E-state index contributed by atoms with van der Waals surface area (Å²) in [5, 5.41) is 5.33. The molecule has 0 saturated carbocycles. The second kappa shape index (κ2) is 9.11. The number of anilines is 1. The third kappa shape index (κ3) is 4.11. The van der Waals surface area contributed by atoms with Gasteiger partial charge in [-0.3, -0.25) is 4.57 Å². The molecule has 7 heteroatoms. The molecule has 0 unspecified atom stereocenters. The largest absolute Gasteiger partial charge is 0.461 e.